The summed E-state index contributed by atoms with van der Waals surface area (Å²) < 4.78 is 10.6. The number of rotatable bonds is 4. The average molecular weight is 302 g/mol. The summed E-state index contributed by atoms with van der Waals surface area (Å²) in [6.07, 6.45) is -0.762. The van der Waals surface area contributed by atoms with E-state index in [0.717, 1.165) is 0 Å². The fraction of sp³-hybridized carbons (Fsp3) is 0.125. The molecule has 0 aliphatic rings. The standard InChI is InChI=1S/C16H12ClNO3/c1-11(20-14-8-4-13(17)5-9-14)16(19)21-15-6-2-12(10-18)3-7-15/h2-9,11H,1H3/t11-/m1/s1. The Balaban J connectivity index is 1.95. The lowest BCUT2D eigenvalue weighted by atomic mass is 10.2. The SMILES string of the molecule is C[C@@H](Oc1ccc(Cl)cc1)C(=O)Oc1ccc(C#N)cc1. The summed E-state index contributed by atoms with van der Waals surface area (Å²) in [5.74, 6) is 0.379. The highest BCUT2D eigenvalue weighted by Gasteiger charge is 2.17. The van der Waals surface area contributed by atoms with Gasteiger partial charge in [-0.1, -0.05) is 11.6 Å². The highest BCUT2D eigenvalue weighted by Crippen LogP contribution is 2.18. The molecule has 0 radical (unpaired) electrons. The minimum absolute atomic E-state index is 0.366. The monoisotopic (exact) mass is 301 g/mol. The lowest BCUT2D eigenvalue weighted by molar-refractivity contribution is -0.141. The van der Waals surface area contributed by atoms with Gasteiger partial charge < -0.3 is 9.47 Å². The van der Waals surface area contributed by atoms with Crippen LogP contribution in [0.3, 0.4) is 0 Å². The van der Waals surface area contributed by atoms with Crippen LogP contribution in [-0.4, -0.2) is 12.1 Å². The largest absolute Gasteiger partial charge is 0.479 e. The molecule has 5 heteroatoms. The van der Waals surface area contributed by atoms with Gasteiger partial charge in [0.25, 0.3) is 0 Å². The van der Waals surface area contributed by atoms with E-state index in [1.54, 1.807) is 55.5 Å². The minimum Gasteiger partial charge on any atom is -0.479 e. The number of ether oxygens (including phenoxy) is 2. The third-order valence-electron chi connectivity index (χ3n) is 2.66. The summed E-state index contributed by atoms with van der Waals surface area (Å²) in [5.41, 5.74) is 0.500. The predicted molar refractivity (Wildman–Crippen MR) is 78.3 cm³/mol. The number of esters is 1. The molecule has 0 N–H and O–H groups in total. The molecule has 4 nitrogen and oxygen atoms in total. The van der Waals surface area contributed by atoms with E-state index < -0.39 is 12.1 Å². The zero-order chi connectivity index (χ0) is 15.2. The van der Waals surface area contributed by atoms with Crippen molar-refractivity contribution in [3.8, 4) is 17.6 Å². The summed E-state index contributed by atoms with van der Waals surface area (Å²) in [6, 6.07) is 15.0. The Kier molecular flexibility index (Phi) is 4.81. The van der Waals surface area contributed by atoms with Crippen LogP contribution in [0.25, 0.3) is 0 Å². The average Bonchev–Trinajstić information content (AvgIpc) is 2.50. The molecule has 0 aromatic heterocycles. The van der Waals surface area contributed by atoms with Gasteiger partial charge in [0.2, 0.25) is 0 Å². The van der Waals surface area contributed by atoms with Crippen molar-refractivity contribution in [1.29, 1.82) is 5.26 Å². The minimum atomic E-state index is -0.762. The van der Waals surface area contributed by atoms with Gasteiger partial charge in [0, 0.05) is 5.02 Å². The molecule has 0 bridgehead atoms. The lowest BCUT2D eigenvalue weighted by Gasteiger charge is -2.13. The number of hydrogen-bond donors (Lipinski definition) is 0. The van der Waals surface area contributed by atoms with Crippen LogP contribution in [0.15, 0.2) is 48.5 Å². The van der Waals surface area contributed by atoms with Crippen molar-refractivity contribution in [3.05, 3.63) is 59.1 Å². The second kappa shape index (κ2) is 6.78. The topological polar surface area (TPSA) is 59.3 Å². The first-order chi connectivity index (χ1) is 10.1. The second-order valence-electron chi connectivity index (χ2n) is 4.27. The van der Waals surface area contributed by atoms with E-state index in [4.69, 9.17) is 26.3 Å². The lowest BCUT2D eigenvalue weighted by Crippen LogP contribution is -2.28. The first kappa shape index (κ1) is 14.9. The van der Waals surface area contributed by atoms with Crippen LogP contribution in [0.5, 0.6) is 11.5 Å². The number of carbonyl (C=O) groups is 1. The van der Waals surface area contributed by atoms with E-state index in [1.807, 2.05) is 6.07 Å². The first-order valence-corrected chi connectivity index (χ1v) is 6.60. The van der Waals surface area contributed by atoms with Crippen LogP contribution < -0.4 is 9.47 Å². The molecule has 1 atom stereocenters. The zero-order valence-electron chi connectivity index (χ0n) is 11.2. The smallest absolute Gasteiger partial charge is 0.352 e. The molecular weight excluding hydrogens is 290 g/mol. The maximum absolute atomic E-state index is 11.9. The van der Waals surface area contributed by atoms with Crippen molar-refractivity contribution in [1.82, 2.24) is 0 Å². The van der Waals surface area contributed by atoms with Gasteiger partial charge in [-0.3, -0.25) is 0 Å². The second-order valence-corrected chi connectivity index (χ2v) is 4.71. The van der Waals surface area contributed by atoms with Gasteiger partial charge in [0.1, 0.15) is 11.5 Å². The van der Waals surface area contributed by atoms with Gasteiger partial charge in [-0.05, 0) is 55.5 Å². The maximum atomic E-state index is 11.9. The molecule has 0 unspecified atom stereocenters. The number of carbonyl (C=O) groups excluding carboxylic acids is 1. The van der Waals surface area contributed by atoms with Crippen molar-refractivity contribution < 1.29 is 14.3 Å². The molecule has 0 fully saturated rings. The number of benzene rings is 2. The number of nitriles is 1. The molecule has 0 saturated heterocycles. The zero-order valence-corrected chi connectivity index (χ0v) is 12.0. The first-order valence-electron chi connectivity index (χ1n) is 6.22. The Bertz CT molecular complexity index is 659. The third-order valence-corrected chi connectivity index (χ3v) is 2.91. The van der Waals surface area contributed by atoms with Crippen molar-refractivity contribution >= 4 is 17.6 Å². The normalized spacial score (nSPS) is 11.3. The van der Waals surface area contributed by atoms with Gasteiger partial charge in [-0.2, -0.15) is 5.26 Å². The predicted octanol–water partition coefficient (Wildman–Crippen LogP) is 3.58. The molecular formula is C16H12ClNO3. The Morgan fingerprint density at radius 3 is 2.24 bits per heavy atom. The molecule has 21 heavy (non-hydrogen) atoms. The van der Waals surface area contributed by atoms with Crippen molar-refractivity contribution in [2.24, 2.45) is 0 Å². The van der Waals surface area contributed by atoms with Gasteiger partial charge in [0.15, 0.2) is 6.10 Å². The van der Waals surface area contributed by atoms with Crippen molar-refractivity contribution in [2.75, 3.05) is 0 Å². The fourth-order valence-corrected chi connectivity index (χ4v) is 1.69. The van der Waals surface area contributed by atoms with Crippen LogP contribution in [0.4, 0.5) is 0 Å². The molecule has 0 aliphatic carbocycles. The van der Waals surface area contributed by atoms with Crippen LogP contribution in [0, 0.1) is 11.3 Å². The number of nitrogens with zero attached hydrogens (tertiary/aromatic N) is 1. The van der Waals surface area contributed by atoms with Gasteiger partial charge >= 0.3 is 5.97 Å². The number of halogens is 1. The van der Waals surface area contributed by atoms with E-state index in [-0.39, 0.29) is 0 Å². The Hall–Kier alpha value is -2.51. The van der Waals surface area contributed by atoms with E-state index >= 15 is 0 Å². The molecule has 0 aliphatic heterocycles. The van der Waals surface area contributed by atoms with Gasteiger partial charge in [-0.15, -0.1) is 0 Å². The summed E-state index contributed by atoms with van der Waals surface area (Å²) >= 11 is 5.77. The molecule has 0 heterocycles. The third kappa shape index (κ3) is 4.23. The Morgan fingerprint density at radius 1 is 1.10 bits per heavy atom. The van der Waals surface area contributed by atoms with E-state index in [0.29, 0.717) is 22.1 Å². The van der Waals surface area contributed by atoms with Crippen LogP contribution in [0.2, 0.25) is 5.02 Å². The van der Waals surface area contributed by atoms with E-state index in [9.17, 15) is 4.79 Å². The summed E-state index contributed by atoms with van der Waals surface area (Å²) in [5, 5.41) is 9.29. The van der Waals surface area contributed by atoms with Crippen molar-refractivity contribution in [2.45, 2.75) is 13.0 Å². The molecule has 0 amide bonds. The Morgan fingerprint density at radius 2 is 1.67 bits per heavy atom. The maximum Gasteiger partial charge on any atom is 0.352 e. The summed E-state index contributed by atoms with van der Waals surface area (Å²) in [7, 11) is 0. The molecule has 0 spiro atoms. The van der Waals surface area contributed by atoms with Crippen LogP contribution >= 0.6 is 11.6 Å². The molecule has 106 valence electrons. The number of hydrogen-bond acceptors (Lipinski definition) is 4. The molecule has 2 rings (SSSR count). The highest BCUT2D eigenvalue weighted by molar-refractivity contribution is 6.30. The van der Waals surface area contributed by atoms with Gasteiger partial charge in [0.05, 0.1) is 11.6 Å². The molecule has 0 saturated carbocycles. The van der Waals surface area contributed by atoms with Crippen molar-refractivity contribution in [3.63, 3.8) is 0 Å². The highest BCUT2D eigenvalue weighted by atomic mass is 35.5. The van der Waals surface area contributed by atoms with E-state index in [1.165, 1.54) is 0 Å². The van der Waals surface area contributed by atoms with Crippen LogP contribution in [-0.2, 0) is 4.79 Å². The Labute approximate surface area is 127 Å². The fourth-order valence-electron chi connectivity index (χ4n) is 1.56. The van der Waals surface area contributed by atoms with E-state index in [2.05, 4.69) is 0 Å². The van der Waals surface area contributed by atoms with Gasteiger partial charge in [-0.25, -0.2) is 4.79 Å². The summed E-state index contributed by atoms with van der Waals surface area (Å²) in [4.78, 5) is 11.9. The molecule has 2 aromatic carbocycles. The van der Waals surface area contributed by atoms with Crippen LogP contribution in [0.1, 0.15) is 12.5 Å². The molecule has 2 aromatic rings. The summed E-state index contributed by atoms with van der Waals surface area (Å²) in [6.45, 7) is 1.60. The quantitative estimate of drug-likeness (QED) is 0.639.